The van der Waals surface area contributed by atoms with Crippen LogP contribution in [0.3, 0.4) is 0 Å². The Hall–Kier alpha value is -4.04. The number of rotatable bonds is 7. The van der Waals surface area contributed by atoms with Crippen LogP contribution in [0.1, 0.15) is 29.0 Å². The third-order valence-corrected chi connectivity index (χ3v) is 6.69. The molecule has 1 aromatic heterocycles. The second-order valence-electron chi connectivity index (χ2n) is 8.96. The SMILES string of the molecule is O=C(CC(c1cccc([N+](=O)[O-])c1)c1cn(Cc2ccc(F)cc2)c2ccccc12)N1CCOCC1. The van der Waals surface area contributed by atoms with Gasteiger partial charge in [-0.25, -0.2) is 4.39 Å². The molecular weight excluding hydrogens is 461 g/mol. The fraction of sp³-hybridized carbons (Fsp3) is 0.250. The van der Waals surface area contributed by atoms with Crippen molar-refractivity contribution in [1.29, 1.82) is 0 Å². The number of fused-ring (bicyclic) bond motifs is 1. The molecule has 0 N–H and O–H groups in total. The Morgan fingerprint density at radius 2 is 1.78 bits per heavy atom. The lowest BCUT2D eigenvalue weighted by molar-refractivity contribution is -0.384. The molecule has 1 unspecified atom stereocenters. The molecule has 0 spiro atoms. The molecule has 0 bridgehead atoms. The zero-order chi connectivity index (χ0) is 25.1. The van der Waals surface area contributed by atoms with Crippen LogP contribution in [-0.4, -0.2) is 46.6 Å². The molecule has 36 heavy (non-hydrogen) atoms. The summed E-state index contributed by atoms with van der Waals surface area (Å²) in [7, 11) is 0. The van der Waals surface area contributed by atoms with Crippen LogP contribution in [0, 0.1) is 15.9 Å². The van der Waals surface area contributed by atoms with E-state index >= 15 is 0 Å². The monoisotopic (exact) mass is 487 g/mol. The fourth-order valence-corrected chi connectivity index (χ4v) is 4.85. The van der Waals surface area contributed by atoms with Crippen LogP contribution in [0.4, 0.5) is 10.1 Å². The normalized spacial score (nSPS) is 14.6. The quantitative estimate of drug-likeness (QED) is 0.268. The zero-order valence-corrected chi connectivity index (χ0v) is 19.7. The van der Waals surface area contributed by atoms with Gasteiger partial charge in [-0.1, -0.05) is 42.5 Å². The highest BCUT2D eigenvalue weighted by Gasteiger charge is 2.27. The molecule has 7 nitrogen and oxygen atoms in total. The number of aromatic nitrogens is 1. The third-order valence-electron chi connectivity index (χ3n) is 6.69. The van der Waals surface area contributed by atoms with E-state index in [1.807, 2.05) is 36.5 Å². The van der Waals surface area contributed by atoms with Gasteiger partial charge in [0.2, 0.25) is 5.91 Å². The van der Waals surface area contributed by atoms with Crippen molar-refractivity contribution < 1.29 is 18.8 Å². The van der Waals surface area contributed by atoms with Crippen LogP contribution in [-0.2, 0) is 16.1 Å². The second kappa shape index (κ2) is 10.3. The molecule has 4 aromatic rings. The van der Waals surface area contributed by atoms with Crippen molar-refractivity contribution >= 4 is 22.5 Å². The van der Waals surface area contributed by atoms with Gasteiger partial charge in [0.25, 0.3) is 5.69 Å². The Labute approximate surface area is 207 Å². The molecule has 1 aliphatic heterocycles. The first-order chi connectivity index (χ1) is 17.5. The number of hydrogen-bond acceptors (Lipinski definition) is 4. The molecule has 2 heterocycles. The first kappa shape index (κ1) is 23.7. The minimum absolute atomic E-state index is 0.00799. The molecule has 0 aliphatic carbocycles. The smallest absolute Gasteiger partial charge is 0.269 e. The molecule has 3 aromatic carbocycles. The van der Waals surface area contributed by atoms with Gasteiger partial charge in [0.05, 0.1) is 18.1 Å². The standard InChI is InChI=1S/C28H26FN3O4/c29-22-10-8-20(9-11-22)18-31-19-26(24-6-1-2-7-27(24)31)25(17-28(33)30-12-14-36-15-13-30)21-4-3-5-23(16-21)32(34)35/h1-11,16,19,25H,12-15,17-18H2. The number of ether oxygens (including phenoxy) is 1. The summed E-state index contributed by atoms with van der Waals surface area (Å²) >= 11 is 0. The Bertz CT molecular complexity index is 1390. The van der Waals surface area contributed by atoms with Crippen molar-refractivity contribution in [3.8, 4) is 0 Å². The minimum Gasteiger partial charge on any atom is -0.378 e. The predicted molar refractivity (Wildman–Crippen MR) is 134 cm³/mol. The van der Waals surface area contributed by atoms with Crippen molar-refractivity contribution in [2.75, 3.05) is 26.3 Å². The molecule has 184 valence electrons. The summed E-state index contributed by atoms with van der Waals surface area (Å²) in [6, 6.07) is 20.8. The minimum atomic E-state index is -0.415. The van der Waals surface area contributed by atoms with Crippen molar-refractivity contribution in [1.82, 2.24) is 9.47 Å². The van der Waals surface area contributed by atoms with Gasteiger partial charge in [-0.3, -0.25) is 14.9 Å². The van der Waals surface area contributed by atoms with E-state index in [1.165, 1.54) is 18.2 Å². The number of carbonyl (C=O) groups excluding carboxylic acids is 1. The molecule has 0 radical (unpaired) electrons. The number of halogens is 1. The topological polar surface area (TPSA) is 77.6 Å². The highest BCUT2D eigenvalue weighted by atomic mass is 19.1. The first-order valence-electron chi connectivity index (χ1n) is 11.9. The number of benzene rings is 3. The van der Waals surface area contributed by atoms with Gasteiger partial charge in [-0.15, -0.1) is 0 Å². The summed E-state index contributed by atoms with van der Waals surface area (Å²) in [6.07, 6.45) is 2.20. The molecule has 1 saturated heterocycles. The van der Waals surface area contributed by atoms with E-state index in [4.69, 9.17) is 4.74 Å². The molecule has 1 amide bonds. The summed E-state index contributed by atoms with van der Waals surface area (Å²) in [4.78, 5) is 26.2. The van der Waals surface area contributed by atoms with Crippen molar-refractivity contribution in [2.45, 2.75) is 18.9 Å². The van der Waals surface area contributed by atoms with Gasteiger partial charge in [-0.2, -0.15) is 0 Å². The number of amides is 1. The Morgan fingerprint density at radius 3 is 2.53 bits per heavy atom. The van der Waals surface area contributed by atoms with Gasteiger partial charge in [0, 0.05) is 61.2 Å². The van der Waals surface area contributed by atoms with E-state index in [2.05, 4.69) is 4.57 Å². The number of hydrogen-bond donors (Lipinski definition) is 0. The average molecular weight is 488 g/mol. The Morgan fingerprint density at radius 1 is 1.03 bits per heavy atom. The number of non-ortho nitro benzene ring substituents is 1. The Kier molecular flexibility index (Phi) is 6.77. The summed E-state index contributed by atoms with van der Waals surface area (Å²) in [6.45, 7) is 2.61. The highest BCUT2D eigenvalue weighted by Crippen LogP contribution is 2.36. The van der Waals surface area contributed by atoms with E-state index in [0.717, 1.165) is 27.6 Å². The van der Waals surface area contributed by atoms with E-state index in [-0.39, 0.29) is 29.8 Å². The summed E-state index contributed by atoms with van der Waals surface area (Å²) in [5, 5.41) is 12.5. The van der Waals surface area contributed by atoms with Gasteiger partial charge in [0.15, 0.2) is 0 Å². The molecule has 5 rings (SSSR count). The Balaban J connectivity index is 1.58. The van der Waals surface area contributed by atoms with E-state index in [0.29, 0.717) is 32.8 Å². The van der Waals surface area contributed by atoms with Crippen molar-refractivity contribution in [3.05, 3.63) is 112 Å². The van der Waals surface area contributed by atoms with Crippen LogP contribution >= 0.6 is 0 Å². The lowest BCUT2D eigenvalue weighted by Gasteiger charge is -2.28. The number of morpholine rings is 1. The third kappa shape index (κ3) is 4.99. The van der Waals surface area contributed by atoms with Crippen LogP contribution in [0.25, 0.3) is 10.9 Å². The van der Waals surface area contributed by atoms with Gasteiger partial charge < -0.3 is 14.2 Å². The first-order valence-corrected chi connectivity index (χ1v) is 11.9. The molecular formula is C28H26FN3O4. The van der Waals surface area contributed by atoms with Crippen LogP contribution in [0.15, 0.2) is 79.0 Å². The van der Waals surface area contributed by atoms with Crippen LogP contribution in [0.2, 0.25) is 0 Å². The van der Waals surface area contributed by atoms with Crippen LogP contribution in [0.5, 0.6) is 0 Å². The van der Waals surface area contributed by atoms with E-state index in [9.17, 15) is 19.3 Å². The molecule has 1 atom stereocenters. The van der Waals surface area contributed by atoms with Crippen LogP contribution < -0.4 is 0 Å². The summed E-state index contributed by atoms with van der Waals surface area (Å²) in [5.74, 6) is -0.672. The van der Waals surface area contributed by atoms with Crippen molar-refractivity contribution in [2.24, 2.45) is 0 Å². The lowest BCUT2D eigenvalue weighted by Crippen LogP contribution is -2.41. The molecule has 8 heteroatoms. The van der Waals surface area contributed by atoms with E-state index in [1.54, 1.807) is 29.2 Å². The zero-order valence-electron chi connectivity index (χ0n) is 19.7. The number of nitrogens with zero attached hydrogens (tertiary/aromatic N) is 3. The van der Waals surface area contributed by atoms with Gasteiger partial charge in [0.1, 0.15) is 5.82 Å². The fourth-order valence-electron chi connectivity index (χ4n) is 4.85. The number of carbonyl (C=O) groups is 1. The number of nitro benzene ring substituents is 1. The molecule has 1 fully saturated rings. The number of nitro groups is 1. The highest BCUT2D eigenvalue weighted by molar-refractivity contribution is 5.87. The predicted octanol–water partition coefficient (Wildman–Crippen LogP) is 5.12. The lowest BCUT2D eigenvalue weighted by atomic mass is 9.87. The van der Waals surface area contributed by atoms with Crippen molar-refractivity contribution in [3.63, 3.8) is 0 Å². The maximum atomic E-state index is 13.4. The molecule has 0 saturated carbocycles. The second-order valence-corrected chi connectivity index (χ2v) is 8.96. The largest absolute Gasteiger partial charge is 0.378 e. The van der Waals surface area contributed by atoms with Gasteiger partial charge >= 0.3 is 0 Å². The maximum absolute atomic E-state index is 13.4. The van der Waals surface area contributed by atoms with E-state index < -0.39 is 4.92 Å². The summed E-state index contributed by atoms with van der Waals surface area (Å²) in [5.41, 5.74) is 3.56. The average Bonchev–Trinajstić information content (AvgIpc) is 3.27. The molecule has 1 aliphatic rings. The number of para-hydroxylation sites is 1. The van der Waals surface area contributed by atoms with Gasteiger partial charge in [-0.05, 0) is 34.9 Å². The summed E-state index contributed by atoms with van der Waals surface area (Å²) < 4.78 is 20.9. The maximum Gasteiger partial charge on any atom is 0.269 e.